The largest absolute Gasteiger partial charge is 0.494 e. The summed E-state index contributed by atoms with van der Waals surface area (Å²) in [5.41, 5.74) is 1.22. The first kappa shape index (κ1) is 26.9. The Bertz CT molecular complexity index is 1670. The van der Waals surface area contributed by atoms with E-state index in [-0.39, 0.29) is 15.8 Å². The van der Waals surface area contributed by atoms with E-state index in [9.17, 15) is 14.9 Å². The minimum absolute atomic E-state index is 0.177. The maximum absolute atomic E-state index is 13.7. The molecule has 7 nitrogen and oxygen atoms in total. The number of anilines is 1. The summed E-state index contributed by atoms with van der Waals surface area (Å²) >= 11 is 4.54. The number of aromatic nitrogens is 1. The van der Waals surface area contributed by atoms with Crippen LogP contribution in [0.1, 0.15) is 19.4 Å². The van der Waals surface area contributed by atoms with Crippen molar-refractivity contribution in [2.75, 3.05) is 18.5 Å². The summed E-state index contributed by atoms with van der Waals surface area (Å²) in [6.07, 6.45) is 1.71. The van der Waals surface area contributed by atoms with Crippen LogP contribution in [-0.2, 0) is 4.79 Å². The number of para-hydroxylation sites is 1. The molecule has 38 heavy (non-hydrogen) atoms. The van der Waals surface area contributed by atoms with Crippen molar-refractivity contribution in [3.63, 3.8) is 0 Å². The number of amides is 1. The van der Waals surface area contributed by atoms with Crippen molar-refractivity contribution < 1.29 is 14.3 Å². The zero-order valence-electron chi connectivity index (χ0n) is 20.7. The Hall–Kier alpha value is -4.13. The third-order valence-electron chi connectivity index (χ3n) is 5.37. The van der Waals surface area contributed by atoms with Gasteiger partial charge in [0.1, 0.15) is 22.2 Å². The van der Waals surface area contributed by atoms with Gasteiger partial charge in [-0.2, -0.15) is 5.26 Å². The molecule has 0 aliphatic heterocycles. The molecule has 0 unspecified atom stereocenters. The van der Waals surface area contributed by atoms with Gasteiger partial charge in [0.05, 0.1) is 23.4 Å². The van der Waals surface area contributed by atoms with Crippen LogP contribution in [0, 0.1) is 11.3 Å². The van der Waals surface area contributed by atoms with E-state index in [1.807, 2.05) is 44.2 Å². The summed E-state index contributed by atoms with van der Waals surface area (Å²) in [7, 11) is 0. The number of nitrogens with zero attached hydrogens (tertiary/aromatic N) is 2. The van der Waals surface area contributed by atoms with Crippen molar-refractivity contribution in [2.45, 2.75) is 13.8 Å². The Morgan fingerprint density at radius 2 is 1.76 bits per heavy atom. The van der Waals surface area contributed by atoms with Gasteiger partial charge < -0.3 is 14.8 Å². The van der Waals surface area contributed by atoms with Crippen LogP contribution in [0.4, 0.5) is 5.69 Å². The van der Waals surface area contributed by atoms with Crippen LogP contribution in [0.5, 0.6) is 11.5 Å². The molecule has 1 heterocycles. The maximum atomic E-state index is 13.7. The minimum Gasteiger partial charge on any atom is -0.494 e. The SMILES string of the molecule is CCOc1ccc(NC(=O)C(C#N)=c2sc(=Cc3cc(Br)ccc3OCC)c(=O)n2-c2ccccc2)cc1. The monoisotopic (exact) mass is 589 g/mol. The van der Waals surface area contributed by atoms with Gasteiger partial charge in [0.15, 0.2) is 5.57 Å². The Labute approximate surface area is 232 Å². The van der Waals surface area contributed by atoms with E-state index >= 15 is 0 Å². The molecule has 4 aromatic rings. The van der Waals surface area contributed by atoms with Gasteiger partial charge in [0.25, 0.3) is 11.5 Å². The first-order valence-corrected chi connectivity index (χ1v) is 13.5. The molecule has 1 amide bonds. The molecule has 192 valence electrons. The standard InChI is InChI=1S/C29H24BrN3O4S/c1-3-36-23-13-11-21(12-14-23)32-27(34)24(18-31)29-33(22-8-6-5-7-9-22)28(35)26(38-29)17-19-16-20(30)10-15-25(19)37-4-2/h5-17H,3-4H2,1-2H3,(H,32,34). The number of carbonyl (C=O) groups is 1. The van der Waals surface area contributed by atoms with Gasteiger partial charge in [-0.25, -0.2) is 0 Å². The van der Waals surface area contributed by atoms with E-state index in [0.29, 0.717) is 46.2 Å². The maximum Gasteiger partial charge on any atom is 0.273 e. The van der Waals surface area contributed by atoms with Crippen molar-refractivity contribution in [1.29, 1.82) is 5.26 Å². The van der Waals surface area contributed by atoms with Crippen LogP contribution >= 0.6 is 27.3 Å². The highest BCUT2D eigenvalue weighted by Gasteiger charge is 2.18. The van der Waals surface area contributed by atoms with Gasteiger partial charge in [-0.1, -0.05) is 34.1 Å². The van der Waals surface area contributed by atoms with Gasteiger partial charge in [0.2, 0.25) is 0 Å². The number of nitriles is 1. The van der Waals surface area contributed by atoms with Crippen molar-refractivity contribution in [1.82, 2.24) is 4.57 Å². The molecule has 0 aliphatic carbocycles. The Morgan fingerprint density at radius 3 is 2.42 bits per heavy atom. The number of benzene rings is 3. The van der Waals surface area contributed by atoms with E-state index in [2.05, 4.69) is 21.2 Å². The van der Waals surface area contributed by atoms with Gasteiger partial charge in [0, 0.05) is 15.7 Å². The predicted octanol–water partition coefficient (Wildman–Crippen LogP) is 4.60. The Morgan fingerprint density at radius 1 is 1.05 bits per heavy atom. The molecule has 0 fully saturated rings. The summed E-state index contributed by atoms with van der Waals surface area (Å²) in [6, 6.07) is 23.3. The topological polar surface area (TPSA) is 93.3 Å². The lowest BCUT2D eigenvalue weighted by atomic mass is 10.2. The zero-order valence-corrected chi connectivity index (χ0v) is 23.1. The Balaban J connectivity index is 1.90. The predicted molar refractivity (Wildman–Crippen MR) is 153 cm³/mol. The van der Waals surface area contributed by atoms with Crippen molar-refractivity contribution in [3.8, 4) is 23.3 Å². The van der Waals surface area contributed by atoms with Gasteiger partial charge in [-0.05, 0) is 74.5 Å². The third-order valence-corrected chi connectivity index (χ3v) is 6.96. The van der Waals surface area contributed by atoms with Gasteiger partial charge in [-0.15, -0.1) is 11.3 Å². The molecule has 0 saturated heterocycles. The lowest BCUT2D eigenvalue weighted by molar-refractivity contribution is -0.111. The van der Waals surface area contributed by atoms with Crippen LogP contribution in [0.2, 0.25) is 0 Å². The number of thiazole rings is 1. The van der Waals surface area contributed by atoms with E-state index in [0.717, 1.165) is 15.8 Å². The number of hydrogen-bond acceptors (Lipinski definition) is 6. The average molecular weight is 590 g/mol. The molecular formula is C29H24BrN3O4S. The van der Waals surface area contributed by atoms with E-state index < -0.39 is 5.91 Å². The van der Waals surface area contributed by atoms with Crippen LogP contribution in [0.25, 0.3) is 17.3 Å². The fraction of sp³-hybridized carbons (Fsp3) is 0.138. The van der Waals surface area contributed by atoms with Crippen LogP contribution in [0.3, 0.4) is 0 Å². The van der Waals surface area contributed by atoms with Gasteiger partial charge in [-0.3, -0.25) is 14.2 Å². The summed E-state index contributed by atoms with van der Waals surface area (Å²) < 4.78 is 14.0. The average Bonchev–Trinajstić information content (AvgIpc) is 3.23. The summed E-state index contributed by atoms with van der Waals surface area (Å²) in [4.78, 5) is 26.9. The lowest BCUT2D eigenvalue weighted by Gasteiger charge is -2.07. The van der Waals surface area contributed by atoms with Crippen LogP contribution in [-0.4, -0.2) is 23.7 Å². The molecule has 1 N–H and O–H groups in total. The first-order valence-electron chi connectivity index (χ1n) is 11.8. The number of hydrogen-bond donors (Lipinski definition) is 1. The number of ether oxygens (including phenoxy) is 2. The smallest absolute Gasteiger partial charge is 0.273 e. The molecule has 9 heteroatoms. The highest BCUT2D eigenvalue weighted by atomic mass is 79.9. The quantitative estimate of drug-likeness (QED) is 0.324. The van der Waals surface area contributed by atoms with Crippen molar-refractivity contribution in [2.24, 2.45) is 0 Å². The van der Waals surface area contributed by atoms with Crippen molar-refractivity contribution in [3.05, 3.63) is 102 Å². The summed E-state index contributed by atoms with van der Waals surface area (Å²) in [5, 5.41) is 12.8. The molecule has 0 bridgehead atoms. The molecule has 3 aromatic carbocycles. The fourth-order valence-corrected chi connectivity index (χ4v) is 5.18. The number of halogens is 1. The number of carbonyl (C=O) groups excluding carboxylic acids is 1. The lowest BCUT2D eigenvalue weighted by Crippen LogP contribution is -2.32. The molecular weight excluding hydrogens is 566 g/mol. The number of nitrogens with one attached hydrogen (secondary N) is 1. The highest BCUT2D eigenvalue weighted by molar-refractivity contribution is 9.10. The summed E-state index contributed by atoms with van der Waals surface area (Å²) in [5.74, 6) is 0.672. The third kappa shape index (κ3) is 6.05. The van der Waals surface area contributed by atoms with E-state index in [1.165, 1.54) is 4.57 Å². The van der Waals surface area contributed by atoms with Gasteiger partial charge >= 0.3 is 0 Å². The number of rotatable bonds is 8. The van der Waals surface area contributed by atoms with Crippen LogP contribution in [0.15, 0.2) is 82.1 Å². The molecule has 0 saturated carbocycles. The molecule has 4 rings (SSSR count). The second-order valence-electron chi connectivity index (χ2n) is 7.91. The first-order chi connectivity index (χ1) is 18.4. The molecule has 0 spiro atoms. The molecule has 1 aromatic heterocycles. The zero-order chi connectivity index (χ0) is 27.1. The normalized spacial score (nSPS) is 12.0. The fourth-order valence-electron chi connectivity index (χ4n) is 3.71. The van der Waals surface area contributed by atoms with E-state index in [4.69, 9.17) is 9.47 Å². The second kappa shape index (κ2) is 12.4. The minimum atomic E-state index is -0.619. The summed E-state index contributed by atoms with van der Waals surface area (Å²) in [6.45, 7) is 4.76. The highest BCUT2D eigenvalue weighted by Crippen LogP contribution is 2.24. The molecule has 0 radical (unpaired) electrons. The second-order valence-corrected chi connectivity index (χ2v) is 9.85. The van der Waals surface area contributed by atoms with Crippen molar-refractivity contribution >= 4 is 50.5 Å². The molecule has 0 atom stereocenters. The Kier molecular flexibility index (Phi) is 8.79. The van der Waals surface area contributed by atoms with E-state index in [1.54, 1.807) is 54.6 Å². The molecule has 0 aliphatic rings. The van der Waals surface area contributed by atoms with Crippen LogP contribution < -0.4 is 29.5 Å².